The maximum absolute atomic E-state index is 14.7. The lowest BCUT2D eigenvalue weighted by molar-refractivity contribution is 0.0383. The number of fused-ring (bicyclic) bond motifs is 7. The SMILES string of the molecule is O=C(NCCN1CCOCC1)c1ccc2cc1OCCCCCCOc1cc(F)cc(c1)-c1nc(ncc1F)N2. The largest absolute Gasteiger partial charge is 0.493 e. The van der Waals surface area contributed by atoms with Crippen LogP contribution in [-0.2, 0) is 4.74 Å². The van der Waals surface area contributed by atoms with E-state index in [0.717, 1.165) is 51.5 Å². The number of carbonyl (C=O) groups is 1. The Hall–Kier alpha value is -3.83. The number of ether oxygens (including phenoxy) is 3. The number of aromatic nitrogens is 2. The van der Waals surface area contributed by atoms with Gasteiger partial charge in [-0.25, -0.2) is 18.7 Å². The maximum atomic E-state index is 14.7. The van der Waals surface area contributed by atoms with Crippen LogP contribution in [0.5, 0.6) is 11.5 Å². The number of halogens is 2. The summed E-state index contributed by atoms with van der Waals surface area (Å²) in [4.78, 5) is 23.6. The summed E-state index contributed by atoms with van der Waals surface area (Å²) >= 11 is 0. The third-order valence-electron chi connectivity index (χ3n) is 6.75. The van der Waals surface area contributed by atoms with Gasteiger partial charge in [0.25, 0.3) is 5.91 Å². The smallest absolute Gasteiger partial charge is 0.255 e. The fraction of sp³-hybridized carbons (Fsp3) is 0.414. The summed E-state index contributed by atoms with van der Waals surface area (Å²) in [6, 6.07) is 9.15. The molecule has 9 nitrogen and oxygen atoms in total. The first kappa shape index (κ1) is 27.7. The molecule has 0 unspecified atom stereocenters. The first-order valence-electron chi connectivity index (χ1n) is 13.6. The average Bonchev–Trinajstić information content (AvgIpc) is 2.95. The Morgan fingerprint density at radius 1 is 0.975 bits per heavy atom. The number of nitrogens with one attached hydrogen (secondary N) is 2. The van der Waals surface area contributed by atoms with Gasteiger partial charge in [-0.2, -0.15) is 0 Å². The minimum atomic E-state index is -0.690. The molecule has 40 heavy (non-hydrogen) atoms. The Balaban J connectivity index is 1.37. The summed E-state index contributed by atoms with van der Waals surface area (Å²) in [7, 11) is 0. The molecule has 2 aliphatic rings. The second-order valence-corrected chi connectivity index (χ2v) is 9.72. The van der Waals surface area contributed by atoms with Gasteiger partial charge in [-0.15, -0.1) is 0 Å². The topological polar surface area (TPSA) is 97.8 Å². The van der Waals surface area contributed by atoms with Crippen molar-refractivity contribution in [1.82, 2.24) is 20.2 Å². The zero-order valence-corrected chi connectivity index (χ0v) is 22.3. The second kappa shape index (κ2) is 13.5. The fourth-order valence-corrected chi connectivity index (χ4v) is 4.63. The van der Waals surface area contributed by atoms with Gasteiger partial charge in [0.15, 0.2) is 5.82 Å². The number of morpholine rings is 1. The molecule has 5 rings (SSSR count). The maximum Gasteiger partial charge on any atom is 0.255 e. The standard InChI is InChI=1S/C29H33F2N5O4/c30-21-15-20-16-23(17-21)39-11-3-1-2-4-12-40-26-18-22(34-29-33-19-25(31)27(20)35-29)5-6-24(26)28(37)32-7-8-36-9-13-38-14-10-36/h5-6,15-19H,1-4,7-14H2,(H,32,37)(H,33,34,35). The van der Waals surface area contributed by atoms with Crippen LogP contribution in [0.1, 0.15) is 36.0 Å². The quantitative estimate of drug-likeness (QED) is 0.486. The van der Waals surface area contributed by atoms with E-state index in [-0.39, 0.29) is 23.1 Å². The van der Waals surface area contributed by atoms with Crippen molar-refractivity contribution in [1.29, 1.82) is 0 Å². The molecule has 212 valence electrons. The summed E-state index contributed by atoms with van der Waals surface area (Å²) < 4.78 is 46.2. The molecular weight excluding hydrogens is 520 g/mol. The molecule has 11 heteroatoms. The van der Waals surface area contributed by atoms with E-state index in [9.17, 15) is 13.6 Å². The van der Waals surface area contributed by atoms with Gasteiger partial charge in [-0.1, -0.05) is 0 Å². The highest BCUT2D eigenvalue weighted by molar-refractivity contribution is 5.97. The molecule has 1 amide bonds. The first-order valence-corrected chi connectivity index (χ1v) is 13.6. The van der Waals surface area contributed by atoms with E-state index in [1.165, 1.54) is 12.1 Å². The molecule has 3 aromatic rings. The summed E-state index contributed by atoms with van der Waals surface area (Å²) in [5.41, 5.74) is 1.16. The van der Waals surface area contributed by atoms with Crippen LogP contribution in [0.3, 0.4) is 0 Å². The molecular formula is C29H33F2N5O4. The highest BCUT2D eigenvalue weighted by Crippen LogP contribution is 2.29. The number of rotatable bonds is 4. The molecule has 0 radical (unpaired) electrons. The Morgan fingerprint density at radius 3 is 2.60 bits per heavy atom. The van der Waals surface area contributed by atoms with Gasteiger partial charge in [-0.05, 0) is 49.9 Å². The summed E-state index contributed by atoms with van der Waals surface area (Å²) in [5, 5.41) is 6.03. The number of anilines is 2. The van der Waals surface area contributed by atoms with Gasteiger partial charge in [-0.3, -0.25) is 9.69 Å². The van der Waals surface area contributed by atoms with Gasteiger partial charge >= 0.3 is 0 Å². The predicted octanol–water partition coefficient (Wildman–Crippen LogP) is 4.56. The van der Waals surface area contributed by atoms with Gasteiger partial charge < -0.3 is 24.8 Å². The highest BCUT2D eigenvalue weighted by Gasteiger charge is 2.17. The normalized spacial score (nSPS) is 16.4. The third kappa shape index (κ3) is 7.42. The highest BCUT2D eigenvalue weighted by atomic mass is 19.1. The van der Waals surface area contributed by atoms with Crippen LogP contribution in [0.15, 0.2) is 42.6 Å². The van der Waals surface area contributed by atoms with Gasteiger partial charge in [0.2, 0.25) is 5.95 Å². The van der Waals surface area contributed by atoms with Gasteiger partial charge in [0, 0.05) is 49.6 Å². The van der Waals surface area contributed by atoms with Crippen molar-refractivity contribution in [2.45, 2.75) is 25.7 Å². The predicted molar refractivity (Wildman–Crippen MR) is 146 cm³/mol. The molecule has 6 bridgehead atoms. The van der Waals surface area contributed by atoms with Gasteiger partial charge in [0.05, 0.1) is 38.2 Å². The van der Waals surface area contributed by atoms with Crippen molar-refractivity contribution in [2.75, 3.05) is 57.9 Å². The van der Waals surface area contributed by atoms with Crippen LogP contribution < -0.4 is 20.1 Å². The van der Waals surface area contributed by atoms with E-state index in [4.69, 9.17) is 14.2 Å². The number of nitrogens with zero attached hydrogens (tertiary/aromatic N) is 3. The lowest BCUT2D eigenvalue weighted by Crippen LogP contribution is -2.41. The number of amides is 1. The van der Waals surface area contributed by atoms with Crippen molar-refractivity contribution < 1.29 is 27.8 Å². The van der Waals surface area contributed by atoms with E-state index < -0.39 is 11.6 Å². The summed E-state index contributed by atoms with van der Waals surface area (Å²) in [5.74, 6) is -0.611. The van der Waals surface area contributed by atoms with E-state index in [1.54, 1.807) is 24.3 Å². The summed E-state index contributed by atoms with van der Waals surface area (Å²) in [6.45, 7) is 5.20. The number of benzene rings is 2. The molecule has 2 N–H and O–H groups in total. The zero-order chi connectivity index (χ0) is 27.7. The third-order valence-corrected chi connectivity index (χ3v) is 6.75. The number of carbonyl (C=O) groups excluding carboxylic acids is 1. The molecule has 2 aliphatic heterocycles. The van der Waals surface area contributed by atoms with Crippen LogP contribution in [-0.4, -0.2) is 73.4 Å². The van der Waals surface area contributed by atoms with Crippen LogP contribution in [0.4, 0.5) is 20.4 Å². The van der Waals surface area contributed by atoms with E-state index in [1.807, 2.05) is 0 Å². The Morgan fingerprint density at radius 2 is 1.77 bits per heavy atom. The lowest BCUT2D eigenvalue weighted by atomic mass is 10.1. The molecule has 3 heterocycles. The Labute approximate surface area is 231 Å². The van der Waals surface area contributed by atoms with Gasteiger partial charge in [0.1, 0.15) is 23.0 Å². The van der Waals surface area contributed by atoms with Crippen LogP contribution in [0, 0.1) is 11.6 Å². The molecule has 0 atom stereocenters. The Kier molecular flexibility index (Phi) is 9.35. The fourth-order valence-electron chi connectivity index (χ4n) is 4.63. The van der Waals surface area contributed by atoms with Crippen LogP contribution in [0.25, 0.3) is 11.3 Å². The van der Waals surface area contributed by atoms with E-state index >= 15 is 0 Å². The van der Waals surface area contributed by atoms with Crippen molar-refractivity contribution in [2.24, 2.45) is 0 Å². The van der Waals surface area contributed by atoms with Crippen molar-refractivity contribution in [3.8, 4) is 22.8 Å². The molecule has 1 aromatic heterocycles. The summed E-state index contributed by atoms with van der Waals surface area (Å²) in [6.07, 6.45) is 4.40. The van der Waals surface area contributed by atoms with Crippen LogP contribution >= 0.6 is 0 Å². The molecule has 0 saturated carbocycles. The minimum Gasteiger partial charge on any atom is -0.493 e. The monoisotopic (exact) mass is 553 g/mol. The second-order valence-electron chi connectivity index (χ2n) is 9.72. The zero-order valence-electron chi connectivity index (χ0n) is 22.3. The minimum absolute atomic E-state index is 0.0595. The molecule has 0 spiro atoms. The van der Waals surface area contributed by atoms with Crippen molar-refractivity contribution in [3.63, 3.8) is 0 Å². The first-order chi connectivity index (χ1) is 19.5. The van der Waals surface area contributed by atoms with Crippen molar-refractivity contribution >= 4 is 17.5 Å². The van der Waals surface area contributed by atoms with E-state index in [2.05, 4.69) is 25.5 Å². The number of hydrogen-bond acceptors (Lipinski definition) is 8. The lowest BCUT2D eigenvalue weighted by Gasteiger charge is -2.26. The molecule has 1 saturated heterocycles. The van der Waals surface area contributed by atoms with Crippen molar-refractivity contribution in [3.05, 3.63) is 59.8 Å². The van der Waals surface area contributed by atoms with E-state index in [0.29, 0.717) is 55.7 Å². The molecule has 1 fully saturated rings. The number of hydrogen-bond donors (Lipinski definition) is 2. The average molecular weight is 554 g/mol. The Bertz CT molecular complexity index is 1320. The molecule has 0 aliphatic carbocycles. The molecule has 2 aromatic carbocycles. The van der Waals surface area contributed by atoms with Crippen LogP contribution in [0.2, 0.25) is 0 Å².